The first kappa shape index (κ1) is 23.6. The third kappa shape index (κ3) is 5.57. The zero-order valence-corrected chi connectivity index (χ0v) is 19.4. The van der Waals surface area contributed by atoms with Crippen LogP contribution in [0, 0.1) is 11.3 Å². The van der Waals surface area contributed by atoms with Crippen LogP contribution >= 0.6 is 34.3 Å². The first-order valence-electron chi connectivity index (χ1n) is 8.78. The van der Waals surface area contributed by atoms with E-state index in [4.69, 9.17) is 16.3 Å². The molecular formula is C19H13ClN4O5S3. The molecule has 3 aromatic rings. The van der Waals surface area contributed by atoms with Gasteiger partial charge in [-0.1, -0.05) is 42.0 Å². The Morgan fingerprint density at radius 3 is 2.72 bits per heavy atom. The fraction of sp³-hybridized carbons (Fsp3) is 0.105. The number of benzene rings is 1. The molecule has 13 heteroatoms. The second kappa shape index (κ2) is 10.0. The summed E-state index contributed by atoms with van der Waals surface area (Å²) in [4.78, 5) is 24.9. The van der Waals surface area contributed by atoms with Gasteiger partial charge in [0.2, 0.25) is 19.3 Å². The molecule has 164 valence electrons. The van der Waals surface area contributed by atoms with E-state index in [0.29, 0.717) is 21.8 Å². The van der Waals surface area contributed by atoms with Gasteiger partial charge in [0.05, 0.1) is 10.8 Å². The fourth-order valence-electron chi connectivity index (χ4n) is 2.22. The number of amides is 1. The number of rotatable bonds is 7. The van der Waals surface area contributed by atoms with Gasteiger partial charge in [-0.3, -0.25) is 10.1 Å². The number of carbonyl (C=O) groups excluding carboxylic acids is 2. The number of aromatic nitrogens is 2. The van der Waals surface area contributed by atoms with Gasteiger partial charge in [0.15, 0.2) is 0 Å². The van der Waals surface area contributed by atoms with Gasteiger partial charge in [-0.25, -0.2) is 13.2 Å². The highest BCUT2D eigenvalue weighted by atomic mass is 35.5. The largest absolute Gasteiger partial charge is 0.421 e. The van der Waals surface area contributed by atoms with Crippen molar-refractivity contribution in [2.24, 2.45) is 0 Å². The van der Waals surface area contributed by atoms with Crippen molar-refractivity contribution in [3.63, 3.8) is 0 Å². The third-order valence-corrected chi connectivity index (χ3v) is 7.99. The molecule has 2 aromatic heterocycles. The number of hydrogen-bond donors (Lipinski definition) is 1. The van der Waals surface area contributed by atoms with Crippen LogP contribution < -0.4 is 10.1 Å². The molecule has 2 heterocycles. The Balaban J connectivity index is 1.74. The Labute approximate surface area is 195 Å². The lowest BCUT2D eigenvalue weighted by Gasteiger charge is -2.06. The van der Waals surface area contributed by atoms with Crippen LogP contribution in [0.3, 0.4) is 0 Å². The molecule has 0 saturated heterocycles. The summed E-state index contributed by atoms with van der Waals surface area (Å²) in [5.41, 5.74) is 0.128. The van der Waals surface area contributed by atoms with Crippen molar-refractivity contribution in [2.75, 3.05) is 11.1 Å². The smallest absolute Gasteiger partial charge is 0.353 e. The molecule has 9 nitrogen and oxygen atoms in total. The zero-order valence-electron chi connectivity index (χ0n) is 16.2. The molecule has 0 aliphatic carbocycles. The predicted octanol–water partition coefficient (Wildman–Crippen LogP) is 3.81. The molecule has 0 radical (unpaired) electrons. The highest BCUT2D eigenvalue weighted by Gasteiger charge is 2.20. The predicted molar refractivity (Wildman–Crippen MR) is 121 cm³/mol. The van der Waals surface area contributed by atoms with Crippen molar-refractivity contribution in [1.29, 1.82) is 5.26 Å². The summed E-state index contributed by atoms with van der Waals surface area (Å²) in [6.45, 7) is 1.46. The SMILES string of the molecule is CCS(=O)(=O)c1nnc(NC(=O)/C(C#N)=C\c2ccc(OC(=O)c3cccs3)c(Cl)c2)s1. The van der Waals surface area contributed by atoms with Gasteiger partial charge >= 0.3 is 5.97 Å². The molecule has 0 bridgehead atoms. The van der Waals surface area contributed by atoms with Gasteiger partial charge in [0.1, 0.15) is 22.3 Å². The quantitative estimate of drug-likeness (QED) is 0.167. The molecule has 0 saturated carbocycles. The maximum absolute atomic E-state index is 12.4. The third-order valence-electron chi connectivity index (χ3n) is 3.83. The normalized spacial score (nSPS) is 11.6. The van der Waals surface area contributed by atoms with Gasteiger partial charge in [0.25, 0.3) is 5.91 Å². The number of esters is 1. The number of hydrogen-bond acceptors (Lipinski definition) is 10. The molecule has 0 aliphatic rings. The highest BCUT2D eigenvalue weighted by molar-refractivity contribution is 7.93. The van der Waals surface area contributed by atoms with E-state index in [1.807, 2.05) is 0 Å². The molecule has 0 unspecified atom stereocenters. The van der Waals surface area contributed by atoms with Crippen LogP contribution in [-0.4, -0.2) is 36.2 Å². The number of nitrogens with one attached hydrogen (secondary N) is 1. The molecule has 0 aliphatic heterocycles. The minimum absolute atomic E-state index is 0.0583. The number of carbonyl (C=O) groups is 2. The van der Waals surface area contributed by atoms with E-state index >= 15 is 0 Å². The highest BCUT2D eigenvalue weighted by Crippen LogP contribution is 2.28. The standard InChI is InChI=1S/C19H13ClN4O5S3/c1-2-32(27,28)19-24-23-18(31-19)22-16(25)12(10-21)8-11-5-6-14(13(20)9-11)29-17(26)15-4-3-7-30-15/h3-9H,2H2,1H3,(H,22,23,25)/b12-8-. The number of halogens is 1. The molecular weight excluding hydrogens is 496 g/mol. The van der Waals surface area contributed by atoms with Crippen molar-refractivity contribution < 1.29 is 22.7 Å². The molecule has 1 amide bonds. The van der Waals surface area contributed by atoms with Gasteiger partial charge < -0.3 is 4.74 Å². The lowest BCUT2D eigenvalue weighted by Crippen LogP contribution is -2.13. The van der Waals surface area contributed by atoms with Crippen LogP contribution in [0.25, 0.3) is 6.08 Å². The summed E-state index contributed by atoms with van der Waals surface area (Å²) < 4.78 is 28.7. The number of anilines is 1. The summed E-state index contributed by atoms with van der Waals surface area (Å²) in [6, 6.07) is 9.49. The number of ether oxygens (including phenoxy) is 1. The van der Waals surface area contributed by atoms with E-state index < -0.39 is 21.7 Å². The molecule has 0 fully saturated rings. The van der Waals surface area contributed by atoms with Crippen LogP contribution in [0.5, 0.6) is 5.75 Å². The monoisotopic (exact) mass is 508 g/mol. The number of nitriles is 1. The zero-order chi connectivity index (χ0) is 23.3. The van der Waals surface area contributed by atoms with Crippen LogP contribution in [0.4, 0.5) is 5.13 Å². The van der Waals surface area contributed by atoms with Crippen molar-refractivity contribution in [3.8, 4) is 11.8 Å². The Kier molecular flexibility index (Phi) is 7.37. The lowest BCUT2D eigenvalue weighted by molar-refractivity contribution is -0.112. The van der Waals surface area contributed by atoms with E-state index in [2.05, 4.69) is 15.5 Å². The average Bonchev–Trinajstić information content (AvgIpc) is 3.46. The van der Waals surface area contributed by atoms with Crippen LogP contribution in [0.1, 0.15) is 22.2 Å². The summed E-state index contributed by atoms with van der Waals surface area (Å²) in [5.74, 6) is -1.38. The van der Waals surface area contributed by atoms with Crippen molar-refractivity contribution in [2.45, 2.75) is 11.3 Å². The summed E-state index contributed by atoms with van der Waals surface area (Å²) >= 11 is 8.09. The molecule has 32 heavy (non-hydrogen) atoms. The van der Waals surface area contributed by atoms with Crippen molar-refractivity contribution in [1.82, 2.24) is 10.2 Å². The van der Waals surface area contributed by atoms with E-state index in [0.717, 1.165) is 0 Å². The van der Waals surface area contributed by atoms with Crippen LogP contribution in [-0.2, 0) is 14.6 Å². The lowest BCUT2D eigenvalue weighted by atomic mass is 10.1. The molecule has 1 aromatic carbocycles. The summed E-state index contributed by atoms with van der Waals surface area (Å²) in [7, 11) is -3.56. The van der Waals surface area contributed by atoms with Gasteiger partial charge in [-0.2, -0.15) is 5.26 Å². The van der Waals surface area contributed by atoms with Crippen molar-refractivity contribution in [3.05, 3.63) is 56.7 Å². The summed E-state index contributed by atoms with van der Waals surface area (Å²) in [5, 5.41) is 20.7. The maximum Gasteiger partial charge on any atom is 0.353 e. The molecule has 3 rings (SSSR count). The van der Waals surface area contributed by atoms with Gasteiger partial charge in [0, 0.05) is 0 Å². The van der Waals surface area contributed by atoms with Gasteiger partial charge in [-0.05, 0) is 35.2 Å². The molecule has 0 atom stereocenters. The average molecular weight is 509 g/mol. The van der Waals surface area contributed by atoms with Crippen LogP contribution in [0.15, 0.2) is 45.6 Å². The van der Waals surface area contributed by atoms with Gasteiger partial charge in [-0.15, -0.1) is 21.5 Å². The minimum atomic E-state index is -3.56. The number of nitrogens with zero attached hydrogens (tertiary/aromatic N) is 3. The first-order valence-corrected chi connectivity index (χ1v) is 12.5. The summed E-state index contributed by atoms with van der Waals surface area (Å²) in [6.07, 6.45) is 1.27. The molecule has 1 N–H and O–H groups in total. The number of thiophene rings is 1. The second-order valence-electron chi connectivity index (χ2n) is 5.96. The fourth-order valence-corrected chi connectivity index (χ4v) is 5.03. The van der Waals surface area contributed by atoms with E-state index in [1.54, 1.807) is 23.6 Å². The maximum atomic E-state index is 12.4. The topological polar surface area (TPSA) is 139 Å². The van der Waals surface area contributed by atoms with E-state index in [-0.39, 0.29) is 31.6 Å². The molecule has 0 spiro atoms. The first-order chi connectivity index (χ1) is 15.2. The Morgan fingerprint density at radius 1 is 1.31 bits per heavy atom. The minimum Gasteiger partial charge on any atom is -0.421 e. The second-order valence-corrected chi connectivity index (χ2v) is 10.7. The Bertz CT molecular complexity index is 1340. The van der Waals surface area contributed by atoms with Crippen LogP contribution in [0.2, 0.25) is 5.02 Å². The van der Waals surface area contributed by atoms with E-state index in [1.165, 1.54) is 42.5 Å². The Morgan fingerprint density at radius 2 is 2.09 bits per heavy atom. The Hall–Kier alpha value is -3.11. The number of sulfone groups is 1. The van der Waals surface area contributed by atoms with Crippen molar-refractivity contribution >= 4 is 67.2 Å². The van der Waals surface area contributed by atoms with E-state index in [9.17, 15) is 23.3 Å².